The zero-order chi connectivity index (χ0) is 30.5. The van der Waals surface area contributed by atoms with Crippen LogP contribution in [0.1, 0.15) is 0 Å². The molecule has 0 aliphatic rings. The minimum absolute atomic E-state index is 1.12. The first-order chi connectivity index (χ1) is 22.8. The summed E-state index contributed by atoms with van der Waals surface area (Å²) < 4.78 is 4.90. The van der Waals surface area contributed by atoms with Crippen LogP contribution < -0.4 is 0 Å². The van der Waals surface area contributed by atoms with Crippen LogP contribution in [-0.2, 0) is 0 Å². The molecule has 0 radical (unpaired) electrons. The van der Waals surface area contributed by atoms with Crippen molar-refractivity contribution in [3.63, 3.8) is 0 Å². The van der Waals surface area contributed by atoms with Crippen molar-refractivity contribution >= 4 is 43.6 Å². The van der Waals surface area contributed by atoms with Gasteiger partial charge in [0.2, 0.25) is 0 Å². The van der Waals surface area contributed by atoms with E-state index < -0.39 is 0 Å². The van der Waals surface area contributed by atoms with Crippen LogP contribution in [-0.4, -0.2) is 9.13 Å². The van der Waals surface area contributed by atoms with E-state index in [2.05, 4.69) is 191 Å². The molecular formula is C44H30N2. The Hall–Kier alpha value is -6.12. The Labute approximate surface area is 267 Å². The molecule has 0 aliphatic heterocycles. The van der Waals surface area contributed by atoms with Crippen LogP contribution in [0.25, 0.3) is 77.2 Å². The fourth-order valence-corrected chi connectivity index (χ4v) is 7.01. The maximum atomic E-state index is 2.45. The van der Waals surface area contributed by atoms with Crippen molar-refractivity contribution in [2.24, 2.45) is 0 Å². The van der Waals surface area contributed by atoms with E-state index in [0.717, 1.165) is 22.4 Å². The van der Waals surface area contributed by atoms with Crippen molar-refractivity contribution in [3.8, 4) is 33.6 Å². The van der Waals surface area contributed by atoms with Crippen molar-refractivity contribution in [2.75, 3.05) is 0 Å². The van der Waals surface area contributed by atoms with Gasteiger partial charge in [0.05, 0.1) is 11.0 Å². The highest BCUT2D eigenvalue weighted by molar-refractivity contribution is 6.11. The average Bonchev–Trinajstić information content (AvgIpc) is 3.13. The Kier molecular flexibility index (Phi) is 6.17. The van der Waals surface area contributed by atoms with Crippen molar-refractivity contribution in [1.82, 2.24) is 9.13 Å². The lowest BCUT2D eigenvalue weighted by molar-refractivity contribution is 1.15. The average molecular weight is 587 g/mol. The van der Waals surface area contributed by atoms with Gasteiger partial charge < -0.3 is 9.13 Å². The maximum Gasteiger partial charge on any atom is 0.0619 e. The van der Waals surface area contributed by atoms with Gasteiger partial charge in [-0.2, -0.15) is 0 Å². The third-order valence-corrected chi connectivity index (χ3v) is 9.12. The largest absolute Gasteiger partial charge is 0.309 e. The van der Waals surface area contributed by atoms with E-state index in [1.165, 1.54) is 54.8 Å². The molecule has 0 saturated carbocycles. The van der Waals surface area contributed by atoms with Crippen molar-refractivity contribution in [3.05, 3.63) is 182 Å². The molecule has 0 atom stereocenters. The second-order valence-corrected chi connectivity index (χ2v) is 11.8. The van der Waals surface area contributed by atoms with Gasteiger partial charge in [0.15, 0.2) is 0 Å². The highest BCUT2D eigenvalue weighted by atomic mass is 15.0. The molecular weight excluding hydrogens is 556 g/mol. The van der Waals surface area contributed by atoms with Crippen LogP contribution in [0.3, 0.4) is 0 Å². The molecule has 46 heavy (non-hydrogen) atoms. The summed E-state index contributed by atoms with van der Waals surface area (Å²) in [5, 5.41) is 4.80. The van der Waals surface area contributed by atoms with Crippen molar-refractivity contribution in [1.29, 1.82) is 0 Å². The number of nitrogens with zero attached hydrogens (tertiary/aromatic N) is 2. The smallest absolute Gasteiger partial charge is 0.0619 e. The fraction of sp³-hybridized carbons (Fsp3) is 0. The zero-order valence-electron chi connectivity index (χ0n) is 25.2. The first kappa shape index (κ1) is 26.3. The summed E-state index contributed by atoms with van der Waals surface area (Å²) in [5.74, 6) is 0. The highest BCUT2D eigenvalue weighted by Gasteiger charge is 2.16. The van der Waals surface area contributed by atoms with E-state index in [1.54, 1.807) is 0 Å². The number of para-hydroxylation sites is 2. The van der Waals surface area contributed by atoms with Crippen LogP contribution in [0.4, 0.5) is 0 Å². The van der Waals surface area contributed by atoms with Gasteiger partial charge in [-0.3, -0.25) is 0 Å². The molecule has 9 rings (SSSR count). The third kappa shape index (κ3) is 4.27. The van der Waals surface area contributed by atoms with E-state index in [0.29, 0.717) is 0 Å². The van der Waals surface area contributed by atoms with Gasteiger partial charge in [0, 0.05) is 44.3 Å². The predicted octanol–water partition coefficient (Wildman–Crippen LogP) is 11.8. The lowest BCUT2D eigenvalue weighted by atomic mass is 9.96. The number of rotatable bonds is 4. The molecule has 1 heterocycles. The van der Waals surface area contributed by atoms with E-state index in [1.807, 2.05) is 0 Å². The molecule has 0 aliphatic carbocycles. The van der Waals surface area contributed by atoms with Gasteiger partial charge in [-0.05, 0) is 70.4 Å². The number of fused-ring (bicyclic) bond motifs is 2. The second kappa shape index (κ2) is 10.8. The summed E-state index contributed by atoms with van der Waals surface area (Å²) in [7, 11) is 0. The summed E-state index contributed by atoms with van der Waals surface area (Å²) in [6.07, 6.45) is 0. The standard InChI is InChI=1S/C44H30N2/c1-5-13-31(14-6-1)39-27-23-33-21-26-38-29-41(33)43(39)45(35-17-9-3-10-18-35)37-25-22-34-24-28-40(32-15-7-2-8-16-32)44(42(34)30-37)46(38)36-19-11-4-12-20-36/h1-30H. The molecule has 2 nitrogen and oxygen atoms in total. The fourth-order valence-electron chi connectivity index (χ4n) is 7.01. The monoisotopic (exact) mass is 586 g/mol. The topological polar surface area (TPSA) is 9.86 Å². The maximum absolute atomic E-state index is 2.45. The van der Waals surface area contributed by atoms with Gasteiger partial charge in [0.25, 0.3) is 0 Å². The minimum Gasteiger partial charge on any atom is -0.309 e. The van der Waals surface area contributed by atoms with Gasteiger partial charge >= 0.3 is 0 Å². The SMILES string of the molecule is c1ccc(-c2ccc3ccc4cc3c2n(-c2ccccc2)c2ccc3ccc(-c5ccccc5)c(c3c2)n4-c2ccccc2)cc1. The lowest BCUT2D eigenvalue weighted by Crippen LogP contribution is -2.03. The van der Waals surface area contributed by atoms with E-state index in [-0.39, 0.29) is 0 Å². The molecule has 2 heteroatoms. The summed E-state index contributed by atoms with van der Waals surface area (Å²) in [5.41, 5.74) is 11.6. The quantitative estimate of drug-likeness (QED) is 0.194. The molecule has 0 amide bonds. The first-order valence-electron chi connectivity index (χ1n) is 15.8. The highest BCUT2D eigenvalue weighted by Crippen LogP contribution is 2.39. The van der Waals surface area contributed by atoms with Gasteiger partial charge in [-0.25, -0.2) is 0 Å². The molecule has 1 aromatic heterocycles. The van der Waals surface area contributed by atoms with Crippen molar-refractivity contribution < 1.29 is 0 Å². The van der Waals surface area contributed by atoms with E-state index in [4.69, 9.17) is 0 Å². The molecule has 216 valence electrons. The molecule has 9 aromatic rings. The van der Waals surface area contributed by atoms with Gasteiger partial charge in [-0.15, -0.1) is 0 Å². The normalized spacial score (nSPS) is 11.5. The Morgan fingerprint density at radius 1 is 0.304 bits per heavy atom. The Morgan fingerprint density at radius 3 is 1.04 bits per heavy atom. The summed E-state index contributed by atoms with van der Waals surface area (Å²) in [6, 6.07) is 66.0. The molecule has 0 unspecified atom stereocenters. The third-order valence-electron chi connectivity index (χ3n) is 9.12. The molecule has 0 N–H and O–H groups in total. The number of hydrogen-bond donors (Lipinski definition) is 0. The van der Waals surface area contributed by atoms with Crippen LogP contribution in [0.15, 0.2) is 182 Å². The van der Waals surface area contributed by atoms with Crippen LogP contribution in [0.2, 0.25) is 0 Å². The Bertz CT molecular complexity index is 2360. The van der Waals surface area contributed by atoms with E-state index >= 15 is 0 Å². The van der Waals surface area contributed by atoms with Crippen LogP contribution in [0, 0.1) is 0 Å². The molecule has 0 fully saturated rings. The second-order valence-electron chi connectivity index (χ2n) is 11.8. The summed E-state index contributed by atoms with van der Waals surface area (Å²) in [6.45, 7) is 0. The van der Waals surface area contributed by atoms with Gasteiger partial charge in [0.1, 0.15) is 0 Å². The molecule has 0 spiro atoms. The Balaban J connectivity index is 1.60. The van der Waals surface area contributed by atoms with Crippen molar-refractivity contribution in [2.45, 2.75) is 0 Å². The van der Waals surface area contributed by atoms with Crippen LogP contribution in [0.5, 0.6) is 0 Å². The molecule has 4 bridgehead atoms. The number of benzene rings is 8. The predicted molar refractivity (Wildman–Crippen MR) is 195 cm³/mol. The number of hydrogen-bond acceptors (Lipinski definition) is 0. The summed E-state index contributed by atoms with van der Waals surface area (Å²) >= 11 is 0. The zero-order valence-corrected chi connectivity index (χ0v) is 25.2. The number of aromatic nitrogens is 2. The minimum atomic E-state index is 1.12. The Morgan fingerprint density at radius 2 is 0.652 bits per heavy atom. The summed E-state index contributed by atoms with van der Waals surface area (Å²) in [4.78, 5) is 0. The first-order valence-corrected chi connectivity index (χ1v) is 15.8. The van der Waals surface area contributed by atoms with Gasteiger partial charge in [-0.1, -0.05) is 133 Å². The lowest BCUT2D eigenvalue weighted by Gasteiger charge is -2.21. The molecule has 0 saturated heterocycles. The molecule has 8 aromatic carbocycles. The van der Waals surface area contributed by atoms with E-state index in [9.17, 15) is 0 Å². The van der Waals surface area contributed by atoms with Crippen LogP contribution >= 0.6 is 0 Å².